The number of hydrogen-bond acceptors (Lipinski definition) is 4. The molecule has 0 bridgehead atoms. The standard InChI is InChI=1S/C8H13N3O/c1-12-7-3-2-5-10-8(7)11-6-4-9/h2-3,5H,4,6,9H2,1H3,(H,10,11). The van der Waals surface area contributed by atoms with Gasteiger partial charge in [0.15, 0.2) is 11.6 Å². The second kappa shape index (κ2) is 4.56. The van der Waals surface area contributed by atoms with E-state index in [0.717, 1.165) is 11.6 Å². The predicted octanol–water partition coefficient (Wildman–Crippen LogP) is 0.461. The number of nitrogens with zero attached hydrogens (tertiary/aromatic N) is 1. The summed E-state index contributed by atoms with van der Waals surface area (Å²) in [5.74, 6) is 1.48. The number of aromatic nitrogens is 1. The van der Waals surface area contributed by atoms with Gasteiger partial charge in [0.2, 0.25) is 0 Å². The number of rotatable bonds is 4. The van der Waals surface area contributed by atoms with Crippen LogP contribution >= 0.6 is 0 Å². The third-order valence-electron chi connectivity index (χ3n) is 1.43. The SMILES string of the molecule is COc1cccnc1NCCN. The number of nitrogens with one attached hydrogen (secondary N) is 1. The topological polar surface area (TPSA) is 60.2 Å². The van der Waals surface area contributed by atoms with Crippen LogP contribution in [0.25, 0.3) is 0 Å². The molecule has 0 radical (unpaired) electrons. The molecule has 0 aliphatic rings. The molecule has 0 aromatic carbocycles. The first-order valence-corrected chi connectivity index (χ1v) is 3.81. The van der Waals surface area contributed by atoms with Crippen molar-refractivity contribution in [3.8, 4) is 5.75 Å². The van der Waals surface area contributed by atoms with Gasteiger partial charge in [-0.25, -0.2) is 4.98 Å². The number of hydrogen-bond donors (Lipinski definition) is 2. The lowest BCUT2D eigenvalue weighted by Gasteiger charge is -2.07. The molecule has 1 rings (SSSR count). The highest BCUT2D eigenvalue weighted by molar-refractivity contribution is 5.49. The van der Waals surface area contributed by atoms with Gasteiger partial charge in [0, 0.05) is 19.3 Å². The maximum absolute atomic E-state index is 5.34. The first-order chi connectivity index (χ1) is 5.88. The maximum Gasteiger partial charge on any atom is 0.168 e. The van der Waals surface area contributed by atoms with E-state index in [1.165, 1.54) is 0 Å². The van der Waals surface area contributed by atoms with E-state index >= 15 is 0 Å². The molecular weight excluding hydrogens is 154 g/mol. The molecule has 4 nitrogen and oxygen atoms in total. The molecule has 0 saturated heterocycles. The molecule has 0 aliphatic carbocycles. The van der Waals surface area contributed by atoms with Crippen LogP contribution in [0, 0.1) is 0 Å². The molecular formula is C8H13N3O. The van der Waals surface area contributed by atoms with E-state index in [1.54, 1.807) is 13.3 Å². The van der Waals surface area contributed by atoms with Gasteiger partial charge in [0.05, 0.1) is 7.11 Å². The van der Waals surface area contributed by atoms with E-state index in [-0.39, 0.29) is 0 Å². The average molecular weight is 167 g/mol. The summed E-state index contributed by atoms with van der Waals surface area (Å²) in [5, 5.41) is 3.05. The zero-order valence-corrected chi connectivity index (χ0v) is 7.08. The minimum absolute atomic E-state index is 0.583. The summed E-state index contributed by atoms with van der Waals surface area (Å²) in [6, 6.07) is 3.68. The predicted molar refractivity (Wildman–Crippen MR) is 48.3 cm³/mol. The number of anilines is 1. The second-order valence-electron chi connectivity index (χ2n) is 2.27. The van der Waals surface area contributed by atoms with E-state index in [4.69, 9.17) is 10.5 Å². The van der Waals surface area contributed by atoms with Gasteiger partial charge in [-0.3, -0.25) is 0 Å². The molecule has 0 aliphatic heterocycles. The van der Waals surface area contributed by atoms with Crippen LogP contribution in [-0.2, 0) is 0 Å². The maximum atomic E-state index is 5.34. The zero-order chi connectivity index (χ0) is 8.81. The Kier molecular flexibility index (Phi) is 3.35. The Morgan fingerprint density at radius 1 is 1.67 bits per heavy atom. The summed E-state index contributed by atoms with van der Waals surface area (Å²) in [7, 11) is 1.62. The quantitative estimate of drug-likeness (QED) is 0.684. The van der Waals surface area contributed by atoms with Crippen molar-refractivity contribution in [2.45, 2.75) is 0 Å². The van der Waals surface area contributed by atoms with Gasteiger partial charge in [0.1, 0.15) is 0 Å². The van der Waals surface area contributed by atoms with Crippen LogP contribution in [0.4, 0.5) is 5.82 Å². The van der Waals surface area contributed by atoms with Crippen molar-refractivity contribution < 1.29 is 4.74 Å². The Balaban J connectivity index is 2.68. The van der Waals surface area contributed by atoms with Gasteiger partial charge in [-0.2, -0.15) is 0 Å². The van der Waals surface area contributed by atoms with Crippen molar-refractivity contribution >= 4 is 5.82 Å². The summed E-state index contributed by atoms with van der Waals surface area (Å²) in [4.78, 5) is 4.10. The molecule has 0 saturated carbocycles. The molecule has 12 heavy (non-hydrogen) atoms. The Labute approximate surface area is 71.7 Å². The largest absolute Gasteiger partial charge is 0.493 e. The van der Waals surface area contributed by atoms with Crippen molar-refractivity contribution in [2.24, 2.45) is 5.73 Å². The molecule has 0 spiro atoms. The lowest BCUT2D eigenvalue weighted by Crippen LogP contribution is -2.14. The fraction of sp³-hybridized carbons (Fsp3) is 0.375. The van der Waals surface area contributed by atoms with Crippen LogP contribution in [0.15, 0.2) is 18.3 Å². The highest BCUT2D eigenvalue weighted by Gasteiger charge is 1.99. The Morgan fingerprint density at radius 2 is 2.50 bits per heavy atom. The molecule has 1 aromatic heterocycles. The average Bonchev–Trinajstić information content (AvgIpc) is 2.15. The van der Waals surface area contributed by atoms with Crippen LogP contribution in [0.2, 0.25) is 0 Å². The van der Waals surface area contributed by atoms with Crippen LogP contribution in [0.1, 0.15) is 0 Å². The van der Waals surface area contributed by atoms with Gasteiger partial charge >= 0.3 is 0 Å². The van der Waals surface area contributed by atoms with Crippen molar-refractivity contribution in [1.82, 2.24) is 4.98 Å². The van der Waals surface area contributed by atoms with E-state index in [9.17, 15) is 0 Å². The van der Waals surface area contributed by atoms with Gasteiger partial charge in [-0.05, 0) is 12.1 Å². The highest BCUT2D eigenvalue weighted by Crippen LogP contribution is 2.18. The molecule has 0 atom stereocenters. The first kappa shape index (κ1) is 8.80. The summed E-state index contributed by atoms with van der Waals surface area (Å²) in [5.41, 5.74) is 5.34. The van der Waals surface area contributed by atoms with Crippen molar-refractivity contribution in [2.75, 3.05) is 25.5 Å². The summed E-state index contributed by atoms with van der Waals surface area (Å²) >= 11 is 0. The minimum atomic E-state index is 0.583. The van der Waals surface area contributed by atoms with E-state index in [2.05, 4.69) is 10.3 Å². The second-order valence-corrected chi connectivity index (χ2v) is 2.27. The van der Waals surface area contributed by atoms with E-state index < -0.39 is 0 Å². The third-order valence-corrected chi connectivity index (χ3v) is 1.43. The Morgan fingerprint density at radius 3 is 3.17 bits per heavy atom. The smallest absolute Gasteiger partial charge is 0.168 e. The molecule has 4 heteroatoms. The Hall–Kier alpha value is -1.29. The lowest BCUT2D eigenvalue weighted by molar-refractivity contribution is 0.415. The van der Waals surface area contributed by atoms with Crippen LogP contribution in [-0.4, -0.2) is 25.2 Å². The normalized spacial score (nSPS) is 9.50. The summed E-state index contributed by atoms with van der Waals surface area (Å²) < 4.78 is 5.08. The molecule has 66 valence electrons. The van der Waals surface area contributed by atoms with Gasteiger partial charge in [-0.15, -0.1) is 0 Å². The van der Waals surface area contributed by atoms with E-state index in [1.807, 2.05) is 12.1 Å². The molecule has 1 aromatic rings. The third kappa shape index (κ3) is 2.10. The molecule has 0 unspecified atom stereocenters. The van der Waals surface area contributed by atoms with Crippen LogP contribution in [0.5, 0.6) is 5.75 Å². The molecule has 0 fully saturated rings. The van der Waals surface area contributed by atoms with Gasteiger partial charge < -0.3 is 15.8 Å². The van der Waals surface area contributed by atoms with Crippen molar-refractivity contribution in [3.05, 3.63) is 18.3 Å². The van der Waals surface area contributed by atoms with E-state index in [0.29, 0.717) is 13.1 Å². The van der Waals surface area contributed by atoms with Gasteiger partial charge in [-0.1, -0.05) is 0 Å². The van der Waals surface area contributed by atoms with Gasteiger partial charge in [0.25, 0.3) is 0 Å². The fourth-order valence-electron chi connectivity index (χ4n) is 0.879. The number of nitrogens with two attached hydrogens (primary N) is 1. The lowest BCUT2D eigenvalue weighted by atomic mass is 10.4. The monoisotopic (exact) mass is 167 g/mol. The Bertz CT molecular complexity index is 239. The number of methoxy groups -OCH3 is 1. The fourth-order valence-corrected chi connectivity index (χ4v) is 0.879. The first-order valence-electron chi connectivity index (χ1n) is 3.81. The van der Waals surface area contributed by atoms with Crippen LogP contribution in [0.3, 0.4) is 0 Å². The molecule has 3 N–H and O–H groups in total. The molecule has 1 heterocycles. The zero-order valence-electron chi connectivity index (χ0n) is 7.08. The summed E-state index contributed by atoms with van der Waals surface area (Å²) in [6.45, 7) is 1.28. The van der Waals surface area contributed by atoms with Crippen molar-refractivity contribution in [1.29, 1.82) is 0 Å². The highest BCUT2D eigenvalue weighted by atomic mass is 16.5. The summed E-state index contributed by atoms with van der Waals surface area (Å²) in [6.07, 6.45) is 1.71. The molecule has 0 amide bonds. The van der Waals surface area contributed by atoms with Crippen LogP contribution < -0.4 is 15.8 Å². The minimum Gasteiger partial charge on any atom is -0.493 e. The van der Waals surface area contributed by atoms with Crippen molar-refractivity contribution in [3.63, 3.8) is 0 Å². The number of ether oxygens (including phenoxy) is 1. The number of pyridine rings is 1.